The van der Waals surface area contributed by atoms with Crippen molar-refractivity contribution >= 4 is 0 Å². The summed E-state index contributed by atoms with van der Waals surface area (Å²) in [4.78, 5) is 0. The van der Waals surface area contributed by atoms with E-state index < -0.39 is 0 Å². The molecule has 0 bridgehead atoms. The smallest absolute Gasteiger partial charge is 0.132 e. The number of rotatable bonds is 4. The van der Waals surface area contributed by atoms with Crippen LogP contribution in [-0.4, -0.2) is 17.3 Å². The van der Waals surface area contributed by atoms with Crippen molar-refractivity contribution in [3.63, 3.8) is 0 Å². The molecule has 0 saturated heterocycles. The Hall–Kier alpha value is -1.02. The average molecular weight is 234 g/mol. The molecule has 1 N–H and O–H groups in total. The van der Waals surface area contributed by atoms with Crippen LogP contribution in [0.3, 0.4) is 0 Å². The first-order valence-electron chi connectivity index (χ1n) is 6.55. The fraction of sp³-hybridized carbons (Fsp3) is 0.600. The van der Waals surface area contributed by atoms with Crippen molar-refractivity contribution in [1.82, 2.24) is 0 Å². The van der Waals surface area contributed by atoms with E-state index in [-0.39, 0.29) is 12.2 Å². The zero-order valence-corrected chi connectivity index (χ0v) is 10.8. The van der Waals surface area contributed by atoms with E-state index >= 15 is 0 Å². The van der Waals surface area contributed by atoms with Gasteiger partial charge >= 0.3 is 0 Å². The summed E-state index contributed by atoms with van der Waals surface area (Å²) in [6.07, 6.45) is 4.25. The van der Waals surface area contributed by atoms with Crippen LogP contribution >= 0.6 is 0 Å². The maximum absolute atomic E-state index is 9.50. The third-order valence-corrected chi connectivity index (χ3v) is 3.68. The fourth-order valence-electron chi connectivity index (χ4n) is 2.48. The quantitative estimate of drug-likeness (QED) is 0.864. The van der Waals surface area contributed by atoms with Crippen LogP contribution in [0.4, 0.5) is 0 Å². The molecule has 0 heterocycles. The summed E-state index contributed by atoms with van der Waals surface area (Å²) in [6, 6.07) is 8.26. The van der Waals surface area contributed by atoms with Gasteiger partial charge in [0.2, 0.25) is 0 Å². The minimum absolute atomic E-state index is 0.124. The molecule has 0 aliphatic heterocycles. The summed E-state index contributed by atoms with van der Waals surface area (Å²) < 4.78 is 6.00. The average Bonchev–Trinajstić information content (AvgIpc) is 2.79. The molecule has 0 aromatic heterocycles. The van der Waals surface area contributed by atoms with Gasteiger partial charge in [-0.05, 0) is 49.3 Å². The summed E-state index contributed by atoms with van der Waals surface area (Å²) in [7, 11) is 0. The lowest BCUT2D eigenvalue weighted by molar-refractivity contribution is 0.0152. The van der Waals surface area contributed by atoms with Crippen LogP contribution in [0.5, 0.6) is 5.75 Å². The molecule has 0 atom stereocenters. The molecule has 0 unspecified atom stereocenters. The van der Waals surface area contributed by atoms with Gasteiger partial charge in [-0.15, -0.1) is 0 Å². The highest BCUT2D eigenvalue weighted by Gasteiger charge is 2.35. The van der Waals surface area contributed by atoms with Gasteiger partial charge in [-0.3, -0.25) is 0 Å². The first-order chi connectivity index (χ1) is 8.15. The Morgan fingerprint density at radius 2 is 1.76 bits per heavy atom. The number of aliphatic hydroxyl groups excluding tert-OH is 1. The largest absolute Gasteiger partial charge is 0.485 e. The van der Waals surface area contributed by atoms with E-state index in [0.717, 1.165) is 31.4 Å². The number of hydrogen-bond acceptors (Lipinski definition) is 2. The van der Waals surface area contributed by atoms with Crippen molar-refractivity contribution < 1.29 is 9.84 Å². The van der Waals surface area contributed by atoms with E-state index in [4.69, 9.17) is 4.74 Å². The third kappa shape index (κ3) is 2.81. The van der Waals surface area contributed by atoms with E-state index in [1.54, 1.807) is 0 Å². The highest BCUT2D eigenvalue weighted by Crippen LogP contribution is 2.34. The molecule has 1 aromatic carbocycles. The molecule has 0 spiro atoms. The summed E-state index contributed by atoms with van der Waals surface area (Å²) in [6.45, 7) is 4.49. The molecular formula is C15H22O2. The lowest BCUT2D eigenvalue weighted by atomic mass is 10.0. The van der Waals surface area contributed by atoms with Gasteiger partial charge in [0.1, 0.15) is 11.4 Å². The highest BCUT2D eigenvalue weighted by molar-refractivity contribution is 5.29. The minimum atomic E-state index is -0.320. The molecule has 1 aromatic rings. The number of benzene rings is 1. The van der Waals surface area contributed by atoms with Crippen LogP contribution in [0.2, 0.25) is 0 Å². The topological polar surface area (TPSA) is 29.5 Å². The zero-order valence-electron chi connectivity index (χ0n) is 10.8. The predicted molar refractivity (Wildman–Crippen MR) is 69.4 cm³/mol. The number of aliphatic hydroxyl groups is 1. The molecule has 1 fully saturated rings. The molecule has 2 nitrogen and oxygen atoms in total. The lowest BCUT2D eigenvalue weighted by Gasteiger charge is -2.28. The molecular weight excluding hydrogens is 212 g/mol. The lowest BCUT2D eigenvalue weighted by Crippen LogP contribution is -2.36. The van der Waals surface area contributed by atoms with Gasteiger partial charge in [-0.25, -0.2) is 0 Å². The van der Waals surface area contributed by atoms with Gasteiger partial charge in [0.05, 0.1) is 6.61 Å². The maximum Gasteiger partial charge on any atom is 0.132 e. The molecule has 1 aliphatic rings. The molecule has 17 heavy (non-hydrogen) atoms. The van der Waals surface area contributed by atoms with Crippen LogP contribution in [-0.2, 0) is 0 Å². The van der Waals surface area contributed by atoms with Gasteiger partial charge in [0.25, 0.3) is 0 Å². The maximum atomic E-state index is 9.50. The van der Waals surface area contributed by atoms with E-state index in [0.29, 0.717) is 5.92 Å². The Kier molecular flexibility index (Phi) is 3.72. The molecule has 1 saturated carbocycles. The SMILES string of the molecule is CC(C)c1ccc(OC2(CO)CCCC2)cc1. The first kappa shape index (κ1) is 12.4. The van der Waals surface area contributed by atoms with E-state index in [1.165, 1.54) is 5.56 Å². The Bertz CT molecular complexity index is 348. The van der Waals surface area contributed by atoms with Crippen molar-refractivity contribution in [2.45, 2.75) is 51.0 Å². The Balaban J connectivity index is 2.07. The second kappa shape index (κ2) is 5.09. The van der Waals surface area contributed by atoms with E-state index in [1.807, 2.05) is 12.1 Å². The minimum Gasteiger partial charge on any atom is -0.485 e. The monoisotopic (exact) mass is 234 g/mol. The van der Waals surface area contributed by atoms with Gasteiger partial charge < -0.3 is 9.84 Å². The fourth-order valence-corrected chi connectivity index (χ4v) is 2.48. The van der Waals surface area contributed by atoms with Crippen molar-refractivity contribution in [3.8, 4) is 5.75 Å². The summed E-state index contributed by atoms with van der Waals surface area (Å²) in [5, 5.41) is 9.50. The molecule has 0 radical (unpaired) electrons. The summed E-state index contributed by atoms with van der Waals surface area (Å²) >= 11 is 0. The predicted octanol–water partition coefficient (Wildman–Crippen LogP) is 3.49. The Labute approximate surface area is 104 Å². The molecule has 94 valence electrons. The van der Waals surface area contributed by atoms with Crippen molar-refractivity contribution in [1.29, 1.82) is 0 Å². The van der Waals surface area contributed by atoms with Crippen molar-refractivity contribution in [2.75, 3.05) is 6.61 Å². The molecule has 0 amide bonds. The van der Waals surface area contributed by atoms with Gasteiger partial charge in [-0.2, -0.15) is 0 Å². The highest BCUT2D eigenvalue weighted by atomic mass is 16.5. The van der Waals surface area contributed by atoms with Crippen LogP contribution in [0.25, 0.3) is 0 Å². The van der Waals surface area contributed by atoms with Crippen LogP contribution < -0.4 is 4.74 Å². The normalized spacial score (nSPS) is 18.6. The zero-order chi connectivity index (χ0) is 12.3. The van der Waals surface area contributed by atoms with Gasteiger partial charge in [0, 0.05) is 0 Å². The Morgan fingerprint density at radius 3 is 2.24 bits per heavy atom. The van der Waals surface area contributed by atoms with Crippen molar-refractivity contribution in [2.24, 2.45) is 0 Å². The second-order valence-corrected chi connectivity index (χ2v) is 5.37. The van der Waals surface area contributed by atoms with Crippen LogP contribution in [0.15, 0.2) is 24.3 Å². The number of ether oxygens (including phenoxy) is 1. The van der Waals surface area contributed by atoms with Gasteiger partial charge in [0.15, 0.2) is 0 Å². The van der Waals surface area contributed by atoms with Gasteiger partial charge in [-0.1, -0.05) is 26.0 Å². The van der Waals surface area contributed by atoms with E-state index in [9.17, 15) is 5.11 Å². The summed E-state index contributed by atoms with van der Waals surface area (Å²) in [5.41, 5.74) is 1.00. The van der Waals surface area contributed by atoms with Crippen LogP contribution in [0.1, 0.15) is 51.0 Å². The third-order valence-electron chi connectivity index (χ3n) is 3.68. The first-order valence-corrected chi connectivity index (χ1v) is 6.55. The Morgan fingerprint density at radius 1 is 1.18 bits per heavy atom. The molecule has 1 aliphatic carbocycles. The standard InChI is InChI=1S/C15H22O2/c1-12(2)13-5-7-14(8-6-13)17-15(11-16)9-3-4-10-15/h5-8,12,16H,3-4,9-11H2,1-2H3. The van der Waals surface area contributed by atoms with Crippen molar-refractivity contribution in [3.05, 3.63) is 29.8 Å². The molecule has 2 rings (SSSR count). The van der Waals surface area contributed by atoms with E-state index in [2.05, 4.69) is 26.0 Å². The summed E-state index contributed by atoms with van der Waals surface area (Å²) in [5.74, 6) is 1.42. The molecule has 2 heteroatoms. The number of hydrogen-bond donors (Lipinski definition) is 1. The van der Waals surface area contributed by atoms with Crippen LogP contribution in [0, 0.1) is 0 Å². The second-order valence-electron chi connectivity index (χ2n) is 5.37.